The third-order valence-corrected chi connectivity index (χ3v) is 5.69. The van der Waals surface area contributed by atoms with Gasteiger partial charge in [-0.05, 0) is 43.0 Å². The molecule has 0 spiro atoms. The van der Waals surface area contributed by atoms with Gasteiger partial charge in [0.05, 0.1) is 23.2 Å². The quantitative estimate of drug-likeness (QED) is 0.576. The highest BCUT2D eigenvalue weighted by molar-refractivity contribution is 7.86. The highest BCUT2D eigenvalue weighted by atomic mass is 32.2. The maximum absolute atomic E-state index is 13.4. The number of carbonyl (C=O) groups is 1. The third-order valence-electron chi connectivity index (χ3n) is 4.89. The van der Waals surface area contributed by atoms with Crippen molar-refractivity contribution in [2.75, 3.05) is 17.3 Å². The average molecular weight is 462 g/mol. The van der Waals surface area contributed by atoms with Gasteiger partial charge >= 0.3 is 11.8 Å². The fourth-order valence-corrected chi connectivity index (χ4v) is 4.04. The largest absolute Gasteiger partial charge is 0.447 e. The summed E-state index contributed by atoms with van der Waals surface area (Å²) in [6.07, 6.45) is 2.50. The van der Waals surface area contributed by atoms with Crippen molar-refractivity contribution in [3.05, 3.63) is 50.8 Å². The van der Waals surface area contributed by atoms with E-state index in [4.69, 9.17) is 4.74 Å². The van der Waals surface area contributed by atoms with Gasteiger partial charge in [-0.2, -0.15) is 5.10 Å². The van der Waals surface area contributed by atoms with Gasteiger partial charge in [0.25, 0.3) is 5.56 Å². The van der Waals surface area contributed by atoms with E-state index >= 15 is 0 Å². The maximum atomic E-state index is 13.4. The van der Waals surface area contributed by atoms with Gasteiger partial charge in [0, 0.05) is 24.6 Å². The summed E-state index contributed by atoms with van der Waals surface area (Å²) in [6.45, 7) is 8.31. The Morgan fingerprint density at radius 3 is 2.59 bits per heavy atom. The standard InChI is InChI=1S/C21H27N5O5S/c1-6-14-10-17-16(11-15(14)18-8-9-22-24(18)7-2)19(27)25(20(28)23-17)26(32(5)30)21(29)31-12-13(3)4/h8-11,13H,6-7,12H2,1-5H3,(H,23,28). The van der Waals surface area contributed by atoms with Crippen molar-refractivity contribution in [3.8, 4) is 11.3 Å². The van der Waals surface area contributed by atoms with Crippen LogP contribution in [0, 0.1) is 5.92 Å². The third kappa shape index (κ3) is 4.38. The van der Waals surface area contributed by atoms with Crippen LogP contribution in [0.5, 0.6) is 0 Å². The zero-order chi connectivity index (χ0) is 23.6. The van der Waals surface area contributed by atoms with Crippen LogP contribution in [0.2, 0.25) is 0 Å². The SMILES string of the molecule is CCc1cc2[nH]c(=O)n(N(C(=O)OCC(C)C)S(C)=O)c(=O)c2cc1-c1ccnn1CC. The number of fused-ring (bicyclic) bond motifs is 1. The minimum Gasteiger partial charge on any atom is -0.447 e. The second kappa shape index (κ2) is 9.51. The number of hydrogen-bond donors (Lipinski definition) is 1. The van der Waals surface area contributed by atoms with Gasteiger partial charge < -0.3 is 9.72 Å². The van der Waals surface area contributed by atoms with E-state index in [9.17, 15) is 18.6 Å². The summed E-state index contributed by atoms with van der Waals surface area (Å²) in [5, 5.41) is 4.47. The molecule has 1 amide bonds. The Balaban J connectivity index is 2.25. The summed E-state index contributed by atoms with van der Waals surface area (Å²) in [6, 6.07) is 5.27. The molecule has 0 aliphatic carbocycles. The Morgan fingerprint density at radius 1 is 1.28 bits per heavy atom. The number of aromatic amines is 1. The molecule has 0 bridgehead atoms. The van der Waals surface area contributed by atoms with Crippen LogP contribution < -0.4 is 15.7 Å². The van der Waals surface area contributed by atoms with Crippen LogP contribution in [0.1, 0.15) is 33.3 Å². The lowest BCUT2D eigenvalue weighted by Gasteiger charge is -2.21. The fraction of sp³-hybridized carbons (Fsp3) is 0.429. The van der Waals surface area contributed by atoms with E-state index in [1.54, 1.807) is 23.0 Å². The van der Waals surface area contributed by atoms with Crippen molar-refractivity contribution in [2.45, 2.75) is 40.7 Å². The Labute approximate surface area is 187 Å². The van der Waals surface area contributed by atoms with E-state index in [2.05, 4.69) is 10.1 Å². The summed E-state index contributed by atoms with van der Waals surface area (Å²) < 4.78 is 20.3. The molecule has 32 heavy (non-hydrogen) atoms. The number of ether oxygens (including phenoxy) is 1. The summed E-state index contributed by atoms with van der Waals surface area (Å²) in [5.41, 5.74) is 1.22. The van der Waals surface area contributed by atoms with E-state index in [-0.39, 0.29) is 17.9 Å². The molecule has 1 N–H and O–H groups in total. The normalized spacial score (nSPS) is 12.3. The van der Waals surface area contributed by atoms with Crippen molar-refractivity contribution >= 4 is 28.0 Å². The first-order chi connectivity index (χ1) is 15.2. The van der Waals surface area contributed by atoms with E-state index in [0.717, 1.165) is 16.8 Å². The first-order valence-corrected chi connectivity index (χ1v) is 11.9. The van der Waals surface area contributed by atoms with Crippen LogP contribution >= 0.6 is 0 Å². The van der Waals surface area contributed by atoms with Crippen LogP contribution in [-0.2, 0) is 28.7 Å². The van der Waals surface area contributed by atoms with Crippen molar-refractivity contribution in [3.63, 3.8) is 0 Å². The summed E-state index contributed by atoms with van der Waals surface area (Å²) in [7, 11) is -2.02. The smallest absolute Gasteiger partial charge is 0.442 e. The molecule has 2 aromatic heterocycles. The fourth-order valence-electron chi connectivity index (χ4n) is 3.40. The summed E-state index contributed by atoms with van der Waals surface area (Å²) in [5.74, 6) is 0.0242. The predicted octanol–water partition coefficient (Wildman–Crippen LogP) is 2.16. The predicted molar refractivity (Wildman–Crippen MR) is 124 cm³/mol. The van der Waals surface area contributed by atoms with Gasteiger partial charge in [0.2, 0.25) is 0 Å². The lowest BCUT2D eigenvalue weighted by molar-refractivity contribution is 0.139. The van der Waals surface area contributed by atoms with Gasteiger partial charge in [-0.25, -0.2) is 13.8 Å². The molecule has 0 saturated heterocycles. The van der Waals surface area contributed by atoms with Crippen LogP contribution in [-0.4, -0.2) is 42.6 Å². The number of nitrogens with zero attached hydrogens (tertiary/aromatic N) is 4. The number of amides is 1. The molecular formula is C21H27N5O5S. The number of hydrogen-bond acceptors (Lipinski definition) is 6. The highest BCUT2D eigenvalue weighted by Crippen LogP contribution is 2.27. The zero-order valence-corrected chi connectivity index (χ0v) is 19.6. The Bertz CT molecular complexity index is 1290. The zero-order valence-electron chi connectivity index (χ0n) is 18.7. The monoisotopic (exact) mass is 461 g/mol. The number of carbonyl (C=O) groups excluding carboxylic acids is 1. The molecular weight excluding hydrogens is 434 g/mol. The summed E-state index contributed by atoms with van der Waals surface area (Å²) in [4.78, 5) is 41.3. The molecule has 0 aliphatic heterocycles. The Hall–Kier alpha value is -3.21. The van der Waals surface area contributed by atoms with Gasteiger partial charge in [-0.15, -0.1) is 9.09 Å². The van der Waals surface area contributed by atoms with E-state index < -0.39 is 28.3 Å². The number of H-pyrrole nitrogens is 1. The minimum absolute atomic E-state index is 0.0242. The molecule has 0 aliphatic rings. The van der Waals surface area contributed by atoms with Gasteiger partial charge in [0.15, 0.2) is 0 Å². The van der Waals surface area contributed by atoms with Gasteiger partial charge in [0.1, 0.15) is 11.0 Å². The number of aromatic nitrogens is 4. The lowest BCUT2D eigenvalue weighted by Crippen LogP contribution is -2.54. The first-order valence-electron chi connectivity index (χ1n) is 10.3. The number of rotatable bonds is 7. The molecule has 1 unspecified atom stereocenters. The van der Waals surface area contributed by atoms with Gasteiger partial charge in [-0.3, -0.25) is 9.48 Å². The van der Waals surface area contributed by atoms with E-state index in [0.29, 0.717) is 27.6 Å². The summed E-state index contributed by atoms with van der Waals surface area (Å²) >= 11 is 0. The molecule has 0 radical (unpaired) electrons. The molecule has 1 atom stereocenters. The van der Waals surface area contributed by atoms with Crippen LogP contribution in [0.25, 0.3) is 22.2 Å². The molecule has 3 aromatic rings. The number of aryl methyl sites for hydroxylation is 2. The topological polar surface area (TPSA) is 119 Å². The van der Waals surface area contributed by atoms with Crippen molar-refractivity contribution in [1.29, 1.82) is 0 Å². The molecule has 1 aromatic carbocycles. The molecule has 11 heteroatoms. The van der Waals surface area contributed by atoms with Crippen LogP contribution in [0.15, 0.2) is 34.0 Å². The average Bonchev–Trinajstić information content (AvgIpc) is 3.22. The Morgan fingerprint density at radius 2 is 2.00 bits per heavy atom. The molecule has 172 valence electrons. The second-order valence-electron chi connectivity index (χ2n) is 7.66. The second-order valence-corrected chi connectivity index (χ2v) is 8.85. The van der Waals surface area contributed by atoms with Gasteiger partial charge in [-0.1, -0.05) is 20.8 Å². The Kier molecular flexibility index (Phi) is 6.97. The maximum Gasteiger partial charge on any atom is 0.442 e. The molecule has 2 heterocycles. The van der Waals surface area contributed by atoms with E-state index in [1.807, 2.05) is 33.8 Å². The lowest BCUT2D eigenvalue weighted by atomic mass is 9.99. The van der Waals surface area contributed by atoms with Crippen LogP contribution in [0.4, 0.5) is 4.79 Å². The minimum atomic E-state index is -2.02. The molecule has 0 saturated carbocycles. The first kappa shape index (κ1) is 23.5. The van der Waals surface area contributed by atoms with Crippen LogP contribution in [0.3, 0.4) is 0 Å². The highest BCUT2D eigenvalue weighted by Gasteiger charge is 2.26. The van der Waals surface area contributed by atoms with Crippen molar-refractivity contribution in [2.24, 2.45) is 5.92 Å². The van der Waals surface area contributed by atoms with E-state index in [1.165, 1.54) is 6.26 Å². The molecule has 3 rings (SSSR count). The van der Waals surface area contributed by atoms with Crippen molar-refractivity contribution < 1.29 is 13.7 Å². The molecule has 10 nitrogen and oxygen atoms in total. The molecule has 0 fully saturated rings. The number of nitrogens with one attached hydrogen (secondary N) is 1. The number of benzene rings is 1. The van der Waals surface area contributed by atoms with Crippen molar-refractivity contribution in [1.82, 2.24) is 19.4 Å².